The van der Waals surface area contributed by atoms with E-state index in [4.69, 9.17) is 4.42 Å². The maximum Gasteiger partial charge on any atom is 0.289 e. The molecule has 24 heavy (non-hydrogen) atoms. The van der Waals surface area contributed by atoms with Gasteiger partial charge in [0, 0.05) is 30.4 Å². The summed E-state index contributed by atoms with van der Waals surface area (Å²) in [6.07, 6.45) is 4.63. The van der Waals surface area contributed by atoms with Crippen molar-refractivity contribution in [1.82, 2.24) is 14.8 Å². The Morgan fingerprint density at radius 2 is 2.04 bits per heavy atom. The summed E-state index contributed by atoms with van der Waals surface area (Å²) >= 11 is 0. The van der Waals surface area contributed by atoms with Gasteiger partial charge in [-0.1, -0.05) is 6.92 Å². The average molecular weight is 327 g/mol. The Morgan fingerprint density at radius 3 is 2.88 bits per heavy atom. The van der Waals surface area contributed by atoms with Crippen molar-refractivity contribution in [3.05, 3.63) is 29.7 Å². The minimum absolute atomic E-state index is 0.0242. The Morgan fingerprint density at radius 1 is 1.25 bits per heavy atom. The van der Waals surface area contributed by atoms with Gasteiger partial charge in [-0.2, -0.15) is 0 Å². The molecule has 2 saturated heterocycles. The lowest BCUT2D eigenvalue weighted by molar-refractivity contribution is 0.0621. The van der Waals surface area contributed by atoms with Gasteiger partial charge in [-0.15, -0.1) is 0 Å². The van der Waals surface area contributed by atoms with Gasteiger partial charge in [0.1, 0.15) is 5.52 Å². The van der Waals surface area contributed by atoms with Crippen LogP contribution in [0.15, 0.2) is 22.6 Å². The molecule has 0 N–H and O–H groups in total. The van der Waals surface area contributed by atoms with Gasteiger partial charge in [-0.25, -0.2) is 4.98 Å². The van der Waals surface area contributed by atoms with Crippen molar-refractivity contribution < 1.29 is 9.21 Å². The lowest BCUT2D eigenvalue weighted by Crippen LogP contribution is -2.48. The second-order valence-electron chi connectivity index (χ2n) is 6.99. The highest BCUT2D eigenvalue weighted by Crippen LogP contribution is 2.31. The van der Waals surface area contributed by atoms with Gasteiger partial charge >= 0.3 is 0 Å². The summed E-state index contributed by atoms with van der Waals surface area (Å²) in [6, 6.07) is 6.43. The molecule has 2 fully saturated rings. The van der Waals surface area contributed by atoms with Crippen molar-refractivity contribution in [2.75, 3.05) is 19.6 Å². The van der Waals surface area contributed by atoms with Crippen LogP contribution in [0.5, 0.6) is 0 Å². The standard InChI is InChI=1S/C19H25N3O2/c1-3-21-10-4-6-15(21)16-7-5-11-22(16)19(23)18-12-14-17(24-18)9-8-13(2)20-14/h8-9,12,15-16H,3-7,10-11H2,1-2H3/t15-,16-/m1/s1. The van der Waals surface area contributed by atoms with Crippen molar-refractivity contribution in [3.8, 4) is 0 Å². The lowest BCUT2D eigenvalue weighted by Gasteiger charge is -2.34. The lowest BCUT2D eigenvalue weighted by atomic mass is 10.0. The molecule has 0 bridgehead atoms. The first-order valence-corrected chi connectivity index (χ1v) is 9.09. The van der Waals surface area contributed by atoms with Gasteiger partial charge < -0.3 is 9.32 Å². The van der Waals surface area contributed by atoms with E-state index in [0.29, 0.717) is 23.4 Å². The zero-order valence-electron chi connectivity index (χ0n) is 14.5. The number of furan rings is 1. The second-order valence-corrected chi connectivity index (χ2v) is 6.99. The fraction of sp³-hybridized carbons (Fsp3) is 0.579. The van der Waals surface area contributed by atoms with Crippen LogP contribution in [0.4, 0.5) is 0 Å². The molecule has 2 aromatic heterocycles. The summed E-state index contributed by atoms with van der Waals surface area (Å²) in [5.41, 5.74) is 2.40. The molecule has 0 spiro atoms. The number of likely N-dealkylation sites (tertiary alicyclic amines) is 2. The van der Waals surface area contributed by atoms with Crippen LogP contribution in [0.3, 0.4) is 0 Å². The quantitative estimate of drug-likeness (QED) is 0.868. The van der Waals surface area contributed by atoms with E-state index in [1.807, 2.05) is 24.0 Å². The maximum atomic E-state index is 13.0. The van der Waals surface area contributed by atoms with Gasteiger partial charge in [0.2, 0.25) is 0 Å². The number of amides is 1. The molecule has 4 rings (SSSR count). The number of carbonyl (C=O) groups is 1. The average Bonchev–Trinajstić information content (AvgIpc) is 3.30. The van der Waals surface area contributed by atoms with Gasteiger partial charge in [-0.3, -0.25) is 9.69 Å². The number of pyridine rings is 1. The van der Waals surface area contributed by atoms with Crippen LogP contribution < -0.4 is 0 Å². The molecule has 5 heteroatoms. The van der Waals surface area contributed by atoms with Crippen LogP contribution in [0, 0.1) is 6.92 Å². The summed E-state index contributed by atoms with van der Waals surface area (Å²) in [6.45, 7) is 7.22. The molecule has 2 aliphatic rings. The molecule has 5 nitrogen and oxygen atoms in total. The zero-order chi connectivity index (χ0) is 16.7. The second kappa shape index (κ2) is 6.20. The molecule has 0 unspecified atom stereocenters. The number of carbonyl (C=O) groups excluding carboxylic acids is 1. The first-order chi connectivity index (χ1) is 11.7. The van der Waals surface area contributed by atoms with E-state index in [1.54, 1.807) is 6.07 Å². The monoisotopic (exact) mass is 327 g/mol. The summed E-state index contributed by atoms with van der Waals surface area (Å²) in [4.78, 5) is 22.1. The molecule has 0 aliphatic carbocycles. The molecule has 0 aromatic carbocycles. The number of nitrogens with zero attached hydrogens (tertiary/aromatic N) is 3. The fourth-order valence-corrected chi connectivity index (χ4v) is 4.40. The Balaban J connectivity index is 1.60. The predicted molar refractivity (Wildman–Crippen MR) is 93.1 cm³/mol. The van der Waals surface area contributed by atoms with Gasteiger partial charge in [-0.05, 0) is 57.8 Å². The van der Waals surface area contributed by atoms with Crippen molar-refractivity contribution in [1.29, 1.82) is 0 Å². The molecule has 0 radical (unpaired) electrons. The molecule has 0 saturated carbocycles. The van der Waals surface area contributed by atoms with E-state index in [2.05, 4.69) is 16.8 Å². The minimum Gasteiger partial charge on any atom is -0.449 e. The predicted octanol–water partition coefficient (Wildman–Crippen LogP) is 3.23. The van der Waals surface area contributed by atoms with Crippen molar-refractivity contribution in [2.45, 2.75) is 51.6 Å². The van der Waals surface area contributed by atoms with Crippen LogP contribution >= 0.6 is 0 Å². The van der Waals surface area contributed by atoms with E-state index in [1.165, 1.54) is 12.8 Å². The zero-order valence-corrected chi connectivity index (χ0v) is 14.5. The van der Waals surface area contributed by atoms with E-state index >= 15 is 0 Å². The van der Waals surface area contributed by atoms with E-state index < -0.39 is 0 Å². The molecular weight excluding hydrogens is 302 g/mol. The fourth-order valence-electron chi connectivity index (χ4n) is 4.40. The Labute approximate surface area is 142 Å². The van der Waals surface area contributed by atoms with Gasteiger partial charge in [0.05, 0.1) is 0 Å². The minimum atomic E-state index is 0.0242. The first kappa shape index (κ1) is 15.6. The number of aryl methyl sites for hydroxylation is 1. The Bertz CT molecular complexity index is 754. The van der Waals surface area contributed by atoms with Gasteiger partial charge in [0.15, 0.2) is 11.3 Å². The summed E-state index contributed by atoms with van der Waals surface area (Å²) < 4.78 is 5.79. The molecule has 128 valence electrons. The van der Waals surface area contributed by atoms with Crippen LogP contribution in [-0.4, -0.2) is 52.4 Å². The van der Waals surface area contributed by atoms with Crippen molar-refractivity contribution in [2.24, 2.45) is 0 Å². The largest absolute Gasteiger partial charge is 0.449 e. The number of hydrogen-bond acceptors (Lipinski definition) is 4. The maximum absolute atomic E-state index is 13.0. The molecule has 2 atom stereocenters. The third kappa shape index (κ3) is 2.61. The number of fused-ring (bicyclic) bond motifs is 1. The highest BCUT2D eigenvalue weighted by Gasteiger charge is 2.40. The normalized spacial score (nSPS) is 25.0. The van der Waals surface area contributed by atoms with Crippen LogP contribution in [0.2, 0.25) is 0 Å². The van der Waals surface area contributed by atoms with Crippen molar-refractivity contribution in [3.63, 3.8) is 0 Å². The topological polar surface area (TPSA) is 49.6 Å². The Kier molecular flexibility index (Phi) is 4.04. The smallest absolute Gasteiger partial charge is 0.289 e. The summed E-state index contributed by atoms with van der Waals surface area (Å²) in [5, 5.41) is 0. The number of aromatic nitrogens is 1. The highest BCUT2D eigenvalue weighted by molar-refractivity contribution is 5.95. The number of likely N-dealkylation sites (N-methyl/N-ethyl adjacent to an activating group) is 1. The molecule has 1 amide bonds. The van der Waals surface area contributed by atoms with Crippen molar-refractivity contribution >= 4 is 17.0 Å². The third-order valence-corrected chi connectivity index (χ3v) is 5.55. The molecule has 4 heterocycles. The Hall–Kier alpha value is -1.88. The molecule has 2 aliphatic heterocycles. The SMILES string of the molecule is CCN1CCC[C@@H]1[C@H]1CCCN1C(=O)c1cc2nc(C)ccc2o1. The highest BCUT2D eigenvalue weighted by atomic mass is 16.3. The molecular formula is C19H25N3O2. The summed E-state index contributed by atoms with van der Waals surface area (Å²) in [7, 11) is 0. The van der Waals surface area contributed by atoms with E-state index in [-0.39, 0.29) is 5.91 Å². The van der Waals surface area contributed by atoms with Gasteiger partial charge in [0.25, 0.3) is 5.91 Å². The van der Waals surface area contributed by atoms with Crippen LogP contribution in [0.25, 0.3) is 11.1 Å². The number of rotatable bonds is 3. The summed E-state index contributed by atoms with van der Waals surface area (Å²) in [5.74, 6) is 0.451. The third-order valence-electron chi connectivity index (χ3n) is 5.55. The van der Waals surface area contributed by atoms with Crippen LogP contribution in [-0.2, 0) is 0 Å². The number of hydrogen-bond donors (Lipinski definition) is 0. The van der Waals surface area contributed by atoms with Crippen LogP contribution in [0.1, 0.15) is 48.9 Å². The van der Waals surface area contributed by atoms with E-state index in [9.17, 15) is 4.79 Å². The first-order valence-electron chi connectivity index (χ1n) is 9.09. The van der Waals surface area contributed by atoms with E-state index in [0.717, 1.165) is 43.7 Å². The molecule has 2 aromatic rings.